The predicted octanol–water partition coefficient (Wildman–Crippen LogP) is 2.94. The van der Waals surface area contributed by atoms with Crippen LogP contribution in [0.15, 0.2) is 42.5 Å². The maximum Gasteiger partial charge on any atom is 0.305 e. The minimum atomic E-state index is -1.18. The number of nitrogens with one attached hydrogen (secondary N) is 1. The smallest absolute Gasteiger partial charge is 0.305 e. The van der Waals surface area contributed by atoms with E-state index in [0.29, 0.717) is 12.5 Å². The third-order valence-corrected chi connectivity index (χ3v) is 4.20. The van der Waals surface area contributed by atoms with Gasteiger partial charge in [-0.3, -0.25) is 9.59 Å². The minimum Gasteiger partial charge on any atom is -0.481 e. The Hall–Kier alpha value is -2.76. The molecule has 2 atom stereocenters. The average molecular weight is 331 g/mol. The van der Waals surface area contributed by atoms with Crippen LogP contribution in [0.1, 0.15) is 35.1 Å². The van der Waals surface area contributed by atoms with Crippen LogP contribution in [0.3, 0.4) is 0 Å². The number of aliphatic carboxylic acids is 1. The Kier molecular flexibility index (Phi) is 4.29. The van der Waals surface area contributed by atoms with E-state index < -0.39 is 30.1 Å². The monoisotopic (exact) mass is 331 g/mol. The lowest BCUT2D eigenvalue weighted by Gasteiger charge is -2.30. The number of carboxylic acids is 1. The zero-order chi connectivity index (χ0) is 17.3. The Morgan fingerprint density at radius 3 is 2.62 bits per heavy atom. The van der Waals surface area contributed by atoms with Crippen molar-refractivity contribution in [1.29, 1.82) is 0 Å². The van der Waals surface area contributed by atoms with Gasteiger partial charge in [0.1, 0.15) is 11.6 Å². The number of halogens is 2. The maximum absolute atomic E-state index is 14.0. The number of carboxylic acid groups (broad SMARTS) is 1. The number of fused-ring (bicyclic) bond motifs is 1. The molecule has 0 saturated carbocycles. The predicted molar refractivity (Wildman–Crippen MR) is 82.4 cm³/mol. The zero-order valence-corrected chi connectivity index (χ0v) is 12.6. The Bertz CT molecular complexity index is 807. The first-order chi connectivity index (χ1) is 11.5. The fourth-order valence-electron chi connectivity index (χ4n) is 2.96. The summed E-state index contributed by atoms with van der Waals surface area (Å²) in [7, 11) is 0. The van der Waals surface area contributed by atoms with Crippen LogP contribution in [-0.4, -0.2) is 17.0 Å². The van der Waals surface area contributed by atoms with E-state index in [9.17, 15) is 18.4 Å². The molecule has 4 nitrogen and oxygen atoms in total. The first kappa shape index (κ1) is 16.1. The van der Waals surface area contributed by atoms with E-state index in [4.69, 9.17) is 5.11 Å². The van der Waals surface area contributed by atoms with Crippen LogP contribution < -0.4 is 5.32 Å². The molecule has 2 aromatic carbocycles. The molecule has 0 aromatic heterocycles. The number of carbonyl (C=O) groups is 2. The van der Waals surface area contributed by atoms with Gasteiger partial charge in [0.25, 0.3) is 0 Å². The summed E-state index contributed by atoms with van der Waals surface area (Å²) in [6, 6.07) is 9.30. The maximum atomic E-state index is 14.0. The largest absolute Gasteiger partial charge is 0.481 e. The van der Waals surface area contributed by atoms with Gasteiger partial charge in [0.2, 0.25) is 5.91 Å². The van der Waals surface area contributed by atoms with E-state index in [1.54, 1.807) is 0 Å². The van der Waals surface area contributed by atoms with Gasteiger partial charge in [0.15, 0.2) is 0 Å². The van der Waals surface area contributed by atoms with Gasteiger partial charge >= 0.3 is 5.97 Å². The number of carbonyl (C=O) groups excluding carboxylic acids is 1. The highest BCUT2D eigenvalue weighted by atomic mass is 19.1. The Morgan fingerprint density at radius 1 is 1.21 bits per heavy atom. The van der Waals surface area contributed by atoms with E-state index in [1.165, 1.54) is 0 Å². The molecule has 2 aromatic rings. The van der Waals surface area contributed by atoms with Crippen LogP contribution in [0.4, 0.5) is 8.78 Å². The van der Waals surface area contributed by atoms with Crippen LogP contribution >= 0.6 is 0 Å². The van der Waals surface area contributed by atoms with Gasteiger partial charge in [-0.05, 0) is 23.6 Å². The molecule has 1 aliphatic carbocycles. The minimum absolute atomic E-state index is 0.0419. The van der Waals surface area contributed by atoms with Crippen LogP contribution in [0.5, 0.6) is 0 Å². The lowest BCUT2D eigenvalue weighted by atomic mass is 9.77. The summed E-state index contributed by atoms with van der Waals surface area (Å²) in [5.41, 5.74) is 1.92. The summed E-state index contributed by atoms with van der Waals surface area (Å²) >= 11 is 0. The summed E-state index contributed by atoms with van der Waals surface area (Å²) in [6.45, 7) is 0. The molecule has 0 aliphatic heterocycles. The molecule has 1 amide bonds. The zero-order valence-electron chi connectivity index (χ0n) is 12.6. The number of hydrogen-bond acceptors (Lipinski definition) is 2. The van der Waals surface area contributed by atoms with Gasteiger partial charge in [-0.2, -0.15) is 0 Å². The van der Waals surface area contributed by atoms with E-state index in [0.717, 1.165) is 23.3 Å². The topological polar surface area (TPSA) is 66.4 Å². The Labute approximate surface area is 137 Å². The lowest BCUT2D eigenvalue weighted by Crippen LogP contribution is -2.38. The van der Waals surface area contributed by atoms with Crippen molar-refractivity contribution in [2.75, 3.05) is 0 Å². The number of rotatable bonds is 5. The van der Waals surface area contributed by atoms with Crippen molar-refractivity contribution in [3.63, 3.8) is 0 Å². The molecular formula is C18H15F2NO3. The van der Waals surface area contributed by atoms with Crippen molar-refractivity contribution in [2.45, 2.75) is 24.8 Å². The quantitative estimate of drug-likeness (QED) is 0.885. The average Bonchev–Trinajstić information content (AvgIpc) is 2.47. The van der Waals surface area contributed by atoms with Crippen LogP contribution in [0, 0.1) is 11.6 Å². The van der Waals surface area contributed by atoms with Gasteiger partial charge in [-0.1, -0.05) is 30.3 Å². The molecule has 124 valence electrons. The third kappa shape index (κ3) is 3.13. The summed E-state index contributed by atoms with van der Waals surface area (Å²) in [6.07, 6.45) is 0.0797. The second kappa shape index (κ2) is 6.39. The van der Waals surface area contributed by atoms with Gasteiger partial charge in [-0.15, -0.1) is 0 Å². The summed E-state index contributed by atoms with van der Waals surface area (Å²) in [4.78, 5) is 23.5. The molecular weight excluding hydrogens is 316 g/mol. The molecule has 6 heteroatoms. The summed E-state index contributed by atoms with van der Waals surface area (Å²) < 4.78 is 27.0. The number of hydrogen-bond donors (Lipinski definition) is 2. The van der Waals surface area contributed by atoms with Crippen molar-refractivity contribution in [1.82, 2.24) is 5.32 Å². The van der Waals surface area contributed by atoms with Crippen LogP contribution in [-0.2, 0) is 16.0 Å². The van der Waals surface area contributed by atoms with E-state index >= 15 is 0 Å². The first-order valence-electron chi connectivity index (χ1n) is 7.50. The molecule has 0 bridgehead atoms. The highest BCUT2D eigenvalue weighted by Crippen LogP contribution is 2.35. The molecule has 0 heterocycles. The van der Waals surface area contributed by atoms with Crippen molar-refractivity contribution in [2.24, 2.45) is 0 Å². The first-order valence-corrected chi connectivity index (χ1v) is 7.50. The molecule has 1 aliphatic rings. The summed E-state index contributed by atoms with van der Waals surface area (Å²) in [5.74, 6) is -3.55. The van der Waals surface area contributed by atoms with Gasteiger partial charge in [-0.25, -0.2) is 8.78 Å². The molecule has 24 heavy (non-hydrogen) atoms. The molecule has 2 unspecified atom stereocenters. The molecule has 0 fully saturated rings. The lowest BCUT2D eigenvalue weighted by molar-refractivity contribution is -0.137. The van der Waals surface area contributed by atoms with Gasteiger partial charge < -0.3 is 10.4 Å². The van der Waals surface area contributed by atoms with E-state index in [-0.39, 0.29) is 17.4 Å². The van der Waals surface area contributed by atoms with Crippen molar-refractivity contribution >= 4 is 11.9 Å². The highest BCUT2D eigenvalue weighted by molar-refractivity contribution is 5.87. The third-order valence-electron chi connectivity index (χ3n) is 4.20. The molecule has 2 N–H and O–H groups in total. The molecule has 0 radical (unpaired) electrons. The normalized spacial score (nSPS) is 16.7. The SMILES string of the molecule is O=C(O)CC(NC(=O)C1Cc2ccccc21)c1ccc(F)cc1F. The second-order valence-corrected chi connectivity index (χ2v) is 5.78. The molecule has 0 spiro atoms. The standard InChI is InChI=1S/C18H15F2NO3/c19-11-5-6-13(15(20)8-11)16(9-17(22)23)21-18(24)14-7-10-3-1-2-4-12(10)14/h1-6,8,14,16H,7,9H2,(H,21,24)(H,22,23). The second-order valence-electron chi connectivity index (χ2n) is 5.78. The fourth-order valence-corrected chi connectivity index (χ4v) is 2.96. The van der Waals surface area contributed by atoms with Crippen molar-refractivity contribution < 1.29 is 23.5 Å². The Balaban J connectivity index is 1.80. The van der Waals surface area contributed by atoms with Gasteiger partial charge in [0.05, 0.1) is 18.4 Å². The number of amides is 1. The fraction of sp³-hybridized carbons (Fsp3) is 0.222. The van der Waals surface area contributed by atoms with Crippen LogP contribution in [0.25, 0.3) is 0 Å². The molecule has 0 saturated heterocycles. The summed E-state index contributed by atoms with van der Waals surface area (Å²) in [5, 5.41) is 11.6. The van der Waals surface area contributed by atoms with Crippen molar-refractivity contribution in [3.8, 4) is 0 Å². The van der Waals surface area contributed by atoms with Crippen LogP contribution in [0.2, 0.25) is 0 Å². The van der Waals surface area contributed by atoms with Gasteiger partial charge in [0, 0.05) is 11.6 Å². The van der Waals surface area contributed by atoms with E-state index in [1.807, 2.05) is 24.3 Å². The van der Waals surface area contributed by atoms with E-state index in [2.05, 4.69) is 5.32 Å². The number of benzene rings is 2. The van der Waals surface area contributed by atoms with Crippen molar-refractivity contribution in [3.05, 3.63) is 70.8 Å². The highest BCUT2D eigenvalue weighted by Gasteiger charge is 2.33. The molecule has 3 rings (SSSR count). The Morgan fingerprint density at radius 2 is 1.96 bits per heavy atom.